The summed E-state index contributed by atoms with van der Waals surface area (Å²) in [7, 11) is -5.17. The van der Waals surface area contributed by atoms with Crippen LogP contribution in [0.25, 0.3) is 0 Å². The predicted octanol–water partition coefficient (Wildman–Crippen LogP) is -1.91. The Morgan fingerprint density at radius 2 is 1.19 bits per heavy atom. The Morgan fingerprint density at radius 1 is 0.808 bits per heavy atom. The van der Waals surface area contributed by atoms with Crippen LogP contribution in [0.4, 0.5) is 0 Å². The maximum absolute atomic E-state index is 10.2. The molecule has 26 heavy (non-hydrogen) atoms. The third-order valence-electron chi connectivity index (χ3n) is 3.86. The second-order valence-electron chi connectivity index (χ2n) is 5.92. The summed E-state index contributed by atoms with van der Waals surface area (Å²) in [6.07, 6.45) is 10.6. The molecule has 0 saturated heterocycles. The van der Waals surface area contributed by atoms with E-state index in [4.69, 9.17) is 17.5 Å². The van der Waals surface area contributed by atoms with E-state index in [2.05, 4.69) is 26.8 Å². The summed E-state index contributed by atoms with van der Waals surface area (Å²) in [6, 6.07) is 4.05. The SMILES string of the molecule is CCCCc1ccc(O)c(CCCC)c1CCCC.O=S(=O)([O-])[O-].[Na+].[Na+]. The zero-order chi connectivity index (χ0) is 18.6. The maximum Gasteiger partial charge on any atom is 1.00 e. The van der Waals surface area contributed by atoms with Crippen LogP contribution >= 0.6 is 0 Å². The molecule has 0 spiro atoms. The van der Waals surface area contributed by atoms with Crippen molar-refractivity contribution in [3.63, 3.8) is 0 Å². The molecule has 0 heterocycles. The average molecular weight is 404 g/mol. The number of unbranched alkanes of at least 4 members (excludes halogenated alkanes) is 3. The minimum Gasteiger partial charge on any atom is -0.759 e. The molecule has 1 N–H and O–H groups in total. The molecular weight excluding hydrogens is 374 g/mol. The first-order valence-electron chi connectivity index (χ1n) is 8.73. The largest absolute Gasteiger partial charge is 1.00 e. The number of aryl methyl sites for hydroxylation is 1. The predicted molar refractivity (Wildman–Crippen MR) is 94.4 cm³/mol. The van der Waals surface area contributed by atoms with Crippen LogP contribution in [0.5, 0.6) is 5.75 Å². The summed E-state index contributed by atoms with van der Waals surface area (Å²) in [6.45, 7) is 6.69. The first-order valence-corrected chi connectivity index (χ1v) is 10.1. The van der Waals surface area contributed by atoms with Crippen molar-refractivity contribution in [3.05, 3.63) is 28.8 Å². The van der Waals surface area contributed by atoms with E-state index in [1.807, 2.05) is 6.07 Å². The van der Waals surface area contributed by atoms with Crippen molar-refractivity contribution < 1.29 is 81.7 Å². The molecule has 5 nitrogen and oxygen atoms in total. The molecule has 0 amide bonds. The van der Waals surface area contributed by atoms with Crippen LogP contribution in [-0.2, 0) is 29.7 Å². The van der Waals surface area contributed by atoms with Gasteiger partial charge in [-0.2, -0.15) is 0 Å². The van der Waals surface area contributed by atoms with Gasteiger partial charge in [0.1, 0.15) is 5.75 Å². The molecule has 0 radical (unpaired) electrons. The van der Waals surface area contributed by atoms with Gasteiger partial charge in [0.25, 0.3) is 0 Å². The van der Waals surface area contributed by atoms with Gasteiger partial charge in [0, 0.05) is 10.4 Å². The first kappa shape index (κ1) is 31.6. The van der Waals surface area contributed by atoms with Crippen LogP contribution < -0.4 is 59.1 Å². The zero-order valence-corrected chi connectivity index (χ0v) is 21.8. The molecular formula is C18H30Na2O5S. The molecule has 0 bridgehead atoms. The van der Waals surface area contributed by atoms with Gasteiger partial charge in [0.05, 0.1) is 0 Å². The molecule has 0 saturated carbocycles. The van der Waals surface area contributed by atoms with Crippen molar-refractivity contribution in [2.75, 3.05) is 0 Å². The zero-order valence-electron chi connectivity index (χ0n) is 17.0. The molecule has 1 aromatic carbocycles. The number of aromatic hydroxyl groups is 1. The van der Waals surface area contributed by atoms with Crippen molar-refractivity contribution in [3.8, 4) is 5.75 Å². The fraction of sp³-hybridized carbons (Fsp3) is 0.667. The van der Waals surface area contributed by atoms with Crippen molar-refractivity contribution in [2.24, 2.45) is 0 Å². The Balaban J connectivity index is -0.000000668. The molecule has 0 unspecified atom stereocenters. The normalized spacial score (nSPS) is 10.2. The van der Waals surface area contributed by atoms with Gasteiger partial charge in [-0.3, -0.25) is 8.42 Å². The van der Waals surface area contributed by atoms with E-state index in [-0.39, 0.29) is 59.1 Å². The maximum atomic E-state index is 10.2. The fourth-order valence-corrected chi connectivity index (χ4v) is 2.63. The Labute approximate surface area is 203 Å². The van der Waals surface area contributed by atoms with Gasteiger partial charge in [0.2, 0.25) is 0 Å². The topological polar surface area (TPSA) is 100 Å². The molecule has 1 rings (SSSR count). The van der Waals surface area contributed by atoms with Crippen LogP contribution in [0.15, 0.2) is 12.1 Å². The first-order chi connectivity index (χ1) is 11.2. The Bertz CT molecular complexity index is 569. The van der Waals surface area contributed by atoms with Gasteiger partial charge >= 0.3 is 59.1 Å². The third-order valence-corrected chi connectivity index (χ3v) is 3.86. The van der Waals surface area contributed by atoms with Crippen molar-refractivity contribution in [1.82, 2.24) is 0 Å². The van der Waals surface area contributed by atoms with Crippen LogP contribution in [-0.4, -0.2) is 22.6 Å². The minimum absolute atomic E-state index is 0. The number of benzene rings is 1. The van der Waals surface area contributed by atoms with E-state index >= 15 is 0 Å². The fourth-order valence-electron chi connectivity index (χ4n) is 2.63. The molecule has 0 aliphatic rings. The monoisotopic (exact) mass is 404 g/mol. The number of phenols is 1. The van der Waals surface area contributed by atoms with Gasteiger partial charge in [-0.15, -0.1) is 0 Å². The van der Waals surface area contributed by atoms with Gasteiger partial charge in [-0.1, -0.05) is 46.1 Å². The van der Waals surface area contributed by atoms with Gasteiger partial charge in [-0.05, 0) is 61.3 Å². The van der Waals surface area contributed by atoms with Crippen molar-refractivity contribution in [1.29, 1.82) is 0 Å². The molecule has 0 aliphatic carbocycles. The van der Waals surface area contributed by atoms with Gasteiger partial charge in [0.15, 0.2) is 0 Å². The van der Waals surface area contributed by atoms with Crippen molar-refractivity contribution in [2.45, 2.75) is 78.6 Å². The number of phenolic OH excluding ortho intramolecular Hbond substituents is 1. The number of rotatable bonds is 9. The molecule has 1 aromatic rings. The number of hydrogen-bond donors (Lipinski definition) is 1. The summed E-state index contributed by atoms with van der Waals surface area (Å²) in [5.74, 6) is 0.514. The number of hydrogen-bond acceptors (Lipinski definition) is 5. The molecule has 8 heteroatoms. The van der Waals surface area contributed by atoms with E-state index in [0.29, 0.717) is 5.75 Å². The van der Waals surface area contributed by atoms with E-state index in [9.17, 15) is 5.11 Å². The Morgan fingerprint density at radius 3 is 1.62 bits per heavy atom. The Kier molecular flexibility index (Phi) is 21.8. The minimum atomic E-state index is -5.17. The van der Waals surface area contributed by atoms with E-state index in [1.165, 1.54) is 55.2 Å². The van der Waals surface area contributed by atoms with E-state index in [0.717, 1.165) is 19.3 Å². The third kappa shape index (κ3) is 15.9. The average Bonchev–Trinajstić information content (AvgIpc) is 2.49. The van der Waals surface area contributed by atoms with Crippen LogP contribution in [0.3, 0.4) is 0 Å². The molecule has 0 fully saturated rings. The molecule has 0 atom stereocenters. The van der Waals surface area contributed by atoms with E-state index in [1.54, 1.807) is 0 Å². The molecule has 140 valence electrons. The molecule has 0 aliphatic heterocycles. The summed E-state index contributed by atoms with van der Waals surface area (Å²) < 4.78 is 34.1. The van der Waals surface area contributed by atoms with E-state index < -0.39 is 10.4 Å². The second kappa shape index (κ2) is 18.0. The smallest absolute Gasteiger partial charge is 0.759 e. The molecule has 0 aromatic heterocycles. The quantitative estimate of drug-likeness (QED) is 0.294. The van der Waals surface area contributed by atoms with Crippen molar-refractivity contribution >= 4 is 10.4 Å². The summed E-state index contributed by atoms with van der Waals surface area (Å²) in [5.41, 5.74) is 4.15. The van der Waals surface area contributed by atoms with Gasteiger partial charge in [-0.25, -0.2) is 0 Å². The summed E-state index contributed by atoms with van der Waals surface area (Å²) in [4.78, 5) is 0. The Hall–Kier alpha value is 0.890. The second-order valence-corrected chi connectivity index (χ2v) is 6.74. The summed E-state index contributed by atoms with van der Waals surface area (Å²) in [5, 5.41) is 10.2. The van der Waals surface area contributed by atoms with Crippen LogP contribution in [0.2, 0.25) is 0 Å². The standard InChI is InChI=1S/C18H30O.2Na.H2O4S/c1-4-7-10-15-13-14-18(19)17(12-9-6-3)16(15)11-8-5-2;;;1-5(2,3)4/h13-14,19H,4-12H2,1-3H3;;;(H2,1,2,3,4)/q;2*+1;/p-2. The van der Waals surface area contributed by atoms with Crippen LogP contribution in [0, 0.1) is 0 Å². The van der Waals surface area contributed by atoms with Gasteiger partial charge < -0.3 is 14.2 Å². The van der Waals surface area contributed by atoms with Crippen LogP contribution in [0.1, 0.15) is 76.0 Å². The summed E-state index contributed by atoms with van der Waals surface area (Å²) >= 11 is 0.